The van der Waals surface area contributed by atoms with Crippen LogP contribution in [0.1, 0.15) is 15.9 Å². The van der Waals surface area contributed by atoms with Crippen LogP contribution in [0.4, 0.5) is 5.69 Å². The molecule has 0 heterocycles. The highest BCUT2D eigenvalue weighted by Gasteiger charge is 2.09. The van der Waals surface area contributed by atoms with E-state index in [2.05, 4.69) is 5.32 Å². The standard InChI is InChI=1S/C14H11ClN2OS/c15-11-6-1-2-7-12(11)17-14(18)10-5-3-4-9(8-10)13(16)19/h1-8H,(H2,16,19)(H,17,18). The number of benzene rings is 2. The molecule has 0 aromatic heterocycles. The Morgan fingerprint density at radius 3 is 2.47 bits per heavy atom. The number of amides is 1. The molecule has 3 nitrogen and oxygen atoms in total. The summed E-state index contributed by atoms with van der Waals surface area (Å²) in [7, 11) is 0. The Labute approximate surface area is 121 Å². The molecule has 0 atom stereocenters. The average Bonchev–Trinajstić information content (AvgIpc) is 2.41. The van der Waals surface area contributed by atoms with Gasteiger partial charge in [0.15, 0.2) is 0 Å². The van der Waals surface area contributed by atoms with Crippen LogP contribution in [0.25, 0.3) is 0 Å². The summed E-state index contributed by atoms with van der Waals surface area (Å²) in [6, 6.07) is 13.9. The van der Waals surface area contributed by atoms with Crippen molar-refractivity contribution in [2.24, 2.45) is 5.73 Å². The molecule has 0 aliphatic carbocycles. The third-order valence-corrected chi connectivity index (χ3v) is 3.10. The van der Waals surface area contributed by atoms with Gasteiger partial charge >= 0.3 is 0 Å². The average molecular weight is 291 g/mol. The maximum absolute atomic E-state index is 12.1. The van der Waals surface area contributed by atoms with E-state index in [1.807, 2.05) is 0 Å². The third-order valence-electron chi connectivity index (χ3n) is 2.53. The summed E-state index contributed by atoms with van der Waals surface area (Å²) in [6.45, 7) is 0. The van der Waals surface area contributed by atoms with Crippen LogP contribution in [0.2, 0.25) is 5.02 Å². The van der Waals surface area contributed by atoms with Gasteiger partial charge in [0.2, 0.25) is 0 Å². The fourth-order valence-electron chi connectivity index (χ4n) is 1.57. The van der Waals surface area contributed by atoms with Crippen LogP contribution in [0, 0.1) is 0 Å². The zero-order valence-corrected chi connectivity index (χ0v) is 11.5. The molecule has 0 radical (unpaired) electrons. The van der Waals surface area contributed by atoms with Crippen molar-refractivity contribution in [2.45, 2.75) is 0 Å². The summed E-state index contributed by atoms with van der Waals surface area (Å²) in [5, 5.41) is 3.23. The van der Waals surface area contributed by atoms with Gasteiger partial charge in [-0.2, -0.15) is 0 Å². The summed E-state index contributed by atoms with van der Waals surface area (Å²) in [5.41, 5.74) is 7.23. The molecule has 0 aliphatic rings. The molecule has 0 unspecified atom stereocenters. The second-order valence-electron chi connectivity index (χ2n) is 3.88. The van der Waals surface area contributed by atoms with Crippen molar-refractivity contribution < 1.29 is 4.79 Å². The maximum Gasteiger partial charge on any atom is 0.255 e. The molecule has 0 aliphatic heterocycles. The number of hydrogen-bond acceptors (Lipinski definition) is 2. The van der Waals surface area contributed by atoms with Gasteiger partial charge in [-0.15, -0.1) is 0 Å². The molecule has 0 saturated heterocycles. The van der Waals surface area contributed by atoms with Crippen LogP contribution in [0.5, 0.6) is 0 Å². The quantitative estimate of drug-likeness (QED) is 0.853. The van der Waals surface area contributed by atoms with Gasteiger partial charge in [0.25, 0.3) is 5.91 Å². The summed E-state index contributed by atoms with van der Waals surface area (Å²) >= 11 is 10.9. The molecule has 2 rings (SSSR count). The van der Waals surface area contributed by atoms with Crippen molar-refractivity contribution in [2.75, 3.05) is 5.32 Å². The molecular formula is C14H11ClN2OS. The molecule has 19 heavy (non-hydrogen) atoms. The van der Waals surface area contributed by atoms with Gasteiger partial charge in [0, 0.05) is 11.1 Å². The largest absolute Gasteiger partial charge is 0.389 e. The van der Waals surface area contributed by atoms with Crippen molar-refractivity contribution in [1.29, 1.82) is 0 Å². The second-order valence-corrected chi connectivity index (χ2v) is 4.73. The van der Waals surface area contributed by atoms with E-state index in [0.717, 1.165) is 0 Å². The summed E-state index contributed by atoms with van der Waals surface area (Å²) in [4.78, 5) is 12.3. The lowest BCUT2D eigenvalue weighted by molar-refractivity contribution is 0.102. The Morgan fingerprint density at radius 1 is 1.11 bits per heavy atom. The van der Waals surface area contributed by atoms with Gasteiger partial charge in [-0.1, -0.05) is 48.1 Å². The number of thiocarbonyl (C=S) groups is 1. The molecule has 5 heteroatoms. The molecule has 0 saturated carbocycles. The van der Waals surface area contributed by atoms with E-state index < -0.39 is 0 Å². The van der Waals surface area contributed by atoms with Gasteiger partial charge in [0.05, 0.1) is 10.7 Å². The van der Waals surface area contributed by atoms with Gasteiger partial charge in [0.1, 0.15) is 4.99 Å². The molecule has 1 amide bonds. The number of halogens is 1. The Hall–Kier alpha value is -1.91. The third kappa shape index (κ3) is 3.30. The van der Waals surface area contributed by atoms with E-state index in [9.17, 15) is 4.79 Å². The van der Waals surface area contributed by atoms with Crippen molar-refractivity contribution >= 4 is 40.4 Å². The van der Waals surface area contributed by atoms with Gasteiger partial charge < -0.3 is 11.1 Å². The second kappa shape index (κ2) is 5.82. The molecular weight excluding hydrogens is 280 g/mol. The summed E-state index contributed by atoms with van der Waals surface area (Å²) < 4.78 is 0. The monoisotopic (exact) mass is 290 g/mol. The maximum atomic E-state index is 12.1. The number of nitrogens with one attached hydrogen (secondary N) is 1. The number of para-hydroxylation sites is 1. The lowest BCUT2D eigenvalue weighted by Crippen LogP contribution is -2.14. The predicted octanol–water partition coefficient (Wildman–Crippen LogP) is 3.23. The minimum Gasteiger partial charge on any atom is -0.389 e. The minimum absolute atomic E-state index is 0.257. The van der Waals surface area contributed by atoms with Crippen LogP contribution < -0.4 is 11.1 Å². The summed E-state index contributed by atoms with van der Waals surface area (Å²) in [5.74, 6) is -0.258. The lowest BCUT2D eigenvalue weighted by atomic mass is 10.1. The highest BCUT2D eigenvalue weighted by atomic mass is 35.5. The lowest BCUT2D eigenvalue weighted by Gasteiger charge is -2.07. The van der Waals surface area contributed by atoms with E-state index in [1.165, 1.54) is 0 Å². The van der Waals surface area contributed by atoms with Gasteiger partial charge in [-0.05, 0) is 24.3 Å². The summed E-state index contributed by atoms with van der Waals surface area (Å²) in [6.07, 6.45) is 0. The van der Waals surface area contributed by atoms with Crippen LogP contribution in [-0.2, 0) is 0 Å². The zero-order chi connectivity index (χ0) is 13.8. The zero-order valence-electron chi connectivity index (χ0n) is 9.89. The highest BCUT2D eigenvalue weighted by molar-refractivity contribution is 7.80. The number of carbonyl (C=O) groups is 1. The van der Waals surface area contributed by atoms with E-state index in [1.54, 1.807) is 48.5 Å². The number of carbonyl (C=O) groups excluding carboxylic acids is 1. The fourth-order valence-corrected chi connectivity index (χ4v) is 1.88. The van der Waals surface area contributed by atoms with Gasteiger partial charge in [-0.3, -0.25) is 4.79 Å². The van der Waals surface area contributed by atoms with E-state index in [-0.39, 0.29) is 10.9 Å². The fraction of sp³-hybridized carbons (Fsp3) is 0. The molecule has 2 aromatic rings. The molecule has 2 aromatic carbocycles. The van der Waals surface area contributed by atoms with E-state index in [0.29, 0.717) is 21.8 Å². The van der Waals surface area contributed by atoms with E-state index in [4.69, 9.17) is 29.6 Å². The molecule has 3 N–H and O–H groups in total. The highest BCUT2D eigenvalue weighted by Crippen LogP contribution is 2.21. The first-order chi connectivity index (χ1) is 9.08. The number of nitrogens with two attached hydrogens (primary N) is 1. The number of rotatable bonds is 3. The first-order valence-electron chi connectivity index (χ1n) is 5.53. The predicted molar refractivity (Wildman–Crippen MR) is 81.7 cm³/mol. The Bertz CT molecular complexity index is 643. The van der Waals surface area contributed by atoms with Crippen molar-refractivity contribution in [3.63, 3.8) is 0 Å². The Balaban J connectivity index is 2.23. The normalized spacial score (nSPS) is 9.95. The van der Waals surface area contributed by atoms with Crippen LogP contribution in [0.15, 0.2) is 48.5 Å². The minimum atomic E-state index is -0.258. The van der Waals surface area contributed by atoms with Crippen molar-refractivity contribution in [3.8, 4) is 0 Å². The molecule has 0 fully saturated rings. The van der Waals surface area contributed by atoms with Gasteiger partial charge in [-0.25, -0.2) is 0 Å². The number of anilines is 1. The van der Waals surface area contributed by atoms with Crippen molar-refractivity contribution in [1.82, 2.24) is 0 Å². The Kier molecular flexibility index (Phi) is 4.14. The van der Waals surface area contributed by atoms with Crippen LogP contribution in [-0.4, -0.2) is 10.9 Å². The first-order valence-corrected chi connectivity index (χ1v) is 6.32. The molecule has 0 bridgehead atoms. The van der Waals surface area contributed by atoms with Crippen molar-refractivity contribution in [3.05, 3.63) is 64.7 Å². The van der Waals surface area contributed by atoms with E-state index >= 15 is 0 Å². The number of hydrogen-bond donors (Lipinski definition) is 2. The molecule has 96 valence electrons. The topological polar surface area (TPSA) is 55.1 Å². The SMILES string of the molecule is NC(=S)c1cccc(C(=O)Nc2ccccc2Cl)c1. The van der Waals surface area contributed by atoms with Crippen LogP contribution >= 0.6 is 23.8 Å². The first kappa shape index (κ1) is 13.5. The molecule has 0 spiro atoms. The van der Waals surface area contributed by atoms with Crippen LogP contribution in [0.3, 0.4) is 0 Å². The smallest absolute Gasteiger partial charge is 0.255 e. The Morgan fingerprint density at radius 2 is 1.79 bits per heavy atom.